The standard InChI is InChI=1S/C29H25F4N3O2/c1-18-6-2-3-10-24(18)27-34-25(19-11-13-21(14-12-19)29(31,32)33)26(20-7-4-8-22(30)16-20)36(27)28(38)35-15-5-9-23(37)17-35/h2-4,6-8,10-14,16,25-26H,5,9,15,17H2,1H3. The first-order valence-corrected chi connectivity index (χ1v) is 12.3. The molecule has 9 heteroatoms. The monoisotopic (exact) mass is 523 g/mol. The molecule has 0 aromatic heterocycles. The minimum absolute atomic E-state index is 0.0444. The second-order valence-electron chi connectivity index (χ2n) is 9.55. The summed E-state index contributed by atoms with van der Waals surface area (Å²) in [6.07, 6.45) is -3.58. The van der Waals surface area contributed by atoms with E-state index in [0.29, 0.717) is 41.9 Å². The number of aliphatic imine (C=N–C) groups is 1. The van der Waals surface area contributed by atoms with Crippen LogP contribution in [0.3, 0.4) is 0 Å². The van der Waals surface area contributed by atoms with E-state index in [9.17, 15) is 27.2 Å². The average Bonchev–Trinajstić information content (AvgIpc) is 3.28. The summed E-state index contributed by atoms with van der Waals surface area (Å²) in [5.41, 5.74) is 1.59. The Morgan fingerprint density at radius 2 is 1.71 bits per heavy atom. The van der Waals surface area contributed by atoms with Crippen molar-refractivity contribution in [2.24, 2.45) is 4.99 Å². The van der Waals surface area contributed by atoms with E-state index in [0.717, 1.165) is 17.7 Å². The van der Waals surface area contributed by atoms with Crippen molar-refractivity contribution < 1.29 is 27.2 Å². The van der Waals surface area contributed by atoms with Gasteiger partial charge in [0, 0.05) is 18.5 Å². The highest BCUT2D eigenvalue weighted by Gasteiger charge is 2.45. The van der Waals surface area contributed by atoms with Crippen LogP contribution in [0, 0.1) is 12.7 Å². The Hall–Kier alpha value is -4.01. The number of hydrogen-bond acceptors (Lipinski definition) is 3. The molecule has 0 bridgehead atoms. The molecular formula is C29H25F4N3O2. The molecule has 0 N–H and O–H groups in total. The first-order chi connectivity index (χ1) is 18.1. The molecule has 3 aromatic rings. The van der Waals surface area contributed by atoms with Gasteiger partial charge < -0.3 is 4.90 Å². The van der Waals surface area contributed by atoms with Crippen LogP contribution < -0.4 is 0 Å². The van der Waals surface area contributed by atoms with Gasteiger partial charge in [-0.3, -0.25) is 14.7 Å². The van der Waals surface area contributed by atoms with E-state index in [-0.39, 0.29) is 12.3 Å². The van der Waals surface area contributed by atoms with Crippen molar-refractivity contribution >= 4 is 17.6 Å². The van der Waals surface area contributed by atoms with E-state index in [2.05, 4.69) is 0 Å². The number of ketones is 1. The number of amidine groups is 1. The highest BCUT2D eigenvalue weighted by Crippen LogP contribution is 2.45. The number of aryl methyl sites for hydroxylation is 1. The van der Waals surface area contributed by atoms with E-state index in [1.165, 1.54) is 40.1 Å². The summed E-state index contributed by atoms with van der Waals surface area (Å²) in [6, 6.07) is 15.7. The molecule has 38 heavy (non-hydrogen) atoms. The number of urea groups is 1. The van der Waals surface area contributed by atoms with Gasteiger partial charge in [0.2, 0.25) is 0 Å². The van der Waals surface area contributed by atoms with Crippen molar-refractivity contribution in [2.45, 2.75) is 38.0 Å². The van der Waals surface area contributed by atoms with Crippen molar-refractivity contribution in [3.63, 3.8) is 0 Å². The fraction of sp³-hybridized carbons (Fsp3) is 0.276. The number of likely N-dealkylation sites (tertiary alicyclic amines) is 1. The minimum atomic E-state index is -4.51. The summed E-state index contributed by atoms with van der Waals surface area (Å²) in [7, 11) is 0. The van der Waals surface area contributed by atoms with Crippen LogP contribution in [0.15, 0.2) is 77.8 Å². The average molecular weight is 524 g/mol. The number of carbonyl (C=O) groups is 2. The summed E-state index contributed by atoms with van der Waals surface area (Å²) in [5.74, 6) is -0.247. The molecule has 3 aromatic carbocycles. The van der Waals surface area contributed by atoms with Crippen molar-refractivity contribution in [3.8, 4) is 0 Å². The maximum Gasteiger partial charge on any atom is 0.416 e. The lowest BCUT2D eigenvalue weighted by molar-refractivity contribution is -0.137. The summed E-state index contributed by atoms with van der Waals surface area (Å²) in [5, 5.41) is 0. The Morgan fingerprint density at radius 3 is 2.37 bits per heavy atom. The maximum atomic E-state index is 14.4. The van der Waals surface area contributed by atoms with Crippen LogP contribution >= 0.6 is 0 Å². The Labute approximate surface area is 217 Å². The molecule has 2 aliphatic heterocycles. The zero-order valence-corrected chi connectivity index (χ0v) is 20.6. The molecule has 0 spiro atoms. The second kappa shape index (κ2) is 10.0. The van der Waals surface area contributed by atoms with Gasteiger partial charge in [-0.25, -0.2) is 9.18 Å². The number of Topliss-reactive ketones (excluding diaryl/α,β-unsaturated/α-hetero) is 1. The number of amides is 2. The molecule has 5 rings (SSSR count). The van der Waals surface area contributed by atoms with Crippen molar-refractivity contribution in [2.75, 3.05) is 13.1 Å². The molecule has 1 fully saturated rings. The smallest absolute Gasteiger partial charge is 0.317 e. The topological polar surface area (TPSA) is 53.0 Å². The summed E-state index contributed by atoms with van der Waals surface area (Å²) < 4.78 is 54.2. The summed E-state index contributed by atoms with van der Waals surface area (Å²) in [6.45, 7) is 2.20. The first kappa shape index (κ1) is 25.6. The molecule has 2 atom stereocenters. The van der Waals surface area contributed by atoms with Crippen LogP contribution in [0.25, 0.3) is 0 Å². The first-order valence-electron chi connectivity index (χ1n) is 12.3. The second-order valence-corrected chi connectivity index (χ2v) is 9.55. The Bertz CT molecular complexity index is 1400. The van der Waals surface area contributed by atoms with E-state index in [1.54, 1.807) is 12.1 Å². The lowest BCUT2D eigenvalue weighted by Crippen LogP contribution is -2.50. The molecule has 2 heterocycles. The van der Waals surface area contributed by atoms with Crippen molar-refractivity contribution in [1.29, 1.82) is 0 Å². The molecule has 2 unspecified atom stereocenters. The third-order valence-electron chi connectivity index (χ3n) is 6.95. The maximum absolute atomic E-state index is 14.4. The van der Waals surface area contributed by atoms with Gasteiger partial charge in [0.15, 0.2) is 5.78 Å². The third kappa shape index (κ3) is 4.92. The highest BCUT2D eigenvalue weighted by atomic mass is 19.4. The molecule has 2 amide bonds. The third-order valence-corrected chi connectivity index (χ3v) is 6.95. The fourth-order valence-electron chi connectivity index (χ4n) is 5.07. The Kier molecular flexibility index (Phi) is 6.77. The Morgan fingerprint density at radius 1 is 0.974 bits per heavy atom. The van der Waals surface area contributed by atoms with Crippen LogP contribution in [0.4, 0.5) is 22.4 Å². The fourth-order valence-corrected chi connectivity index (χ4v) is 5.07. The van der Waals surface area contributed by atoms with Gasteiger partial charge in [0.25, 0.3) is 0 Å². The molecule has 2 aliphatic rings. The van der Waals surface area contributed by atoms with Gasteiger partial charge in [-0.1, -0.05) is 48.5 Å². The van der Waals surface area contributed by atoms with Crippen LogP contribution in [-0.4, -0.2) is 40.5 Å². The van der Waals surface area contributed by atoms with Crippen molar-refractivity contribution in [1.82, 2.24) is 9.80 Å². The lowest BCUT2D eigenvalue weighted by Gasteiger charge is -2.35. The molecule has 0 radical (unpaired) electrons. The van der Waals surface area contributed by atoms with Crippen LogP contribution in [-0.2, 0) is 11.0 Å². The van der Waals surface area contributed by atoms with Crippen LogP contribution in [0.2, 0.25) is 0 Å². The number of alkyl halides is 3. The van der Waals surface area contributed by atoms with Gasteiger partial charge in [-0.15, -0.1) is 0 Å². The van der Waals surface area contributed by atoms with Crippen molar-refractivity contribution in [3.05, 3.63) is 106 Å². The SMILES string of the molecule is Cc1ccccc1C1=NC(c2ccc(C(F)(F)F)cc2)C(c2cccc(F)c2)N1C(=O)N1CCCC(=O)C1. The van der Waals surface area contributed by atoms with Gasteiger partial charge in [0.05, 0.1) is 18.2 Å². The molecule has 0 saturated carbocycles. The molecular weight excluding hydrogens is 498 g/mol. The van der Waals surface area contributed by atoms with E-state index >= 15 is 0 Å². The van der Waals surface area contributed by atoms with E-state index in [4.69, 9.17) is 4.99 Å². The summed E-state index contributed by atoms with van der Waals surface area (Å²) >= 11 is 0. The van der Waals surface area contributed by atoms with E-state index < -0.39 is 35.7 Å². The normalized spacial score (nSPS) is 20.0. The molecule has 0 aliphatic carbocycles. The number of halogens is 4. The number of piperidine rings is 1. The Balaban J connectivity index is 1.67. The number of benzene rings is 3. The van der Waals surface area contributed by atoms with Gasteiger partial charge >= 0.3 is 12.2 Å². The van der Waals surface area contributed by atoms with Gasteiger partial charge in [-0.2, -0.15) is 13.2 Å². The number of rotatable bonds is 3. The zero-order valence-electron chi connectivity index (χ0n) is 20.6. The highest BCUT2D eigenvalue weighted by molar-refractivity contribution is 6.10. The predicted molar refractivity (Wildman–Crippen MR) is 134 cm³/mol. The number of hydrogen-bond donors (Lipinski definition) is 0. The van der Waals surface area contributed by atoms with Crippen LogP contribution in [0.1, 0.15) is 52.7 Å². The number of nitrogens with zero attached hydrogens (tertiary/aromatic N) is 3. The van der Waals surface area contributed by atoms with Gasteiger partial charge in [0.1, 0.15) is 17.7 Å². The number of carbonyl (C=O) groups excluding carboxylic acids is 2. The predicted octanol–water partition coefficient (Wildman–Crippen LogP) is 6.48. The van der Waals surface area contributed by atoms with Crippen LogP contribution in [0.5, 0.6) is 0 Å². The minimum Gasteiger partial charge on any atom is -0.317 e. The largest absolute Gasteiger partial charge is 0.416 e. The van der Waals surface area contributed by atoms with Gasteiger partial charge in [-0.05, 0) is 54.3 Å². The van der Waals surface area contributed by atoms with E-state index in [1.807, 2.05) is 25.1 Å². The summed E-state index contributed by atoms with van der Waals surface area (Å²) in [4.78, 5) is 34.1. The lowest BCUT2D eigenvalue weighted by atomic mass is 9.93. The quantitative estimate of drug-likeness (QED) is 0.369. The molecule has 5 nitrogen and oxygen atoms in total. The molecule has 1 saturated heterocycles. The molecule has 196 valence electrons. The zero-order chi connectivity index (χ0) is 27.0.